The van der Waals surface area contributed by atoms with Crippen LogP contribution in [0.25, 0.3) is 11.0 Å². The molecule has 1 aromatic heterocycles. The predicted octanol–water partition coefficient (Wildman–Crippen LogP) is 2.54. The van der Waals surface area contributed by atoms with Crippen LogP contribution in [-0.4, -0.2) is 34.5 Å². The zero-order chi connectivity index (χ0) is 16.0. The summed E-state index contributed by atoms with van der Waals surface area (Å²) in [7, 11) is 0. The number of hydrogen-bond acceptors (Lipinski definition) is 3. The molecule has 5 nitrogen and oxygen atoms in total. The Kier molecular flexibility index (Phi) is 3.36. The van der Waals surface area contributed by atoms with Crippen LogP contribution in [0.2, 0.25) is 0 Å². The molecule has 0 saturated carbocycles. The van der Waals surface area contributed by atoms with E-state index in [1.54, 1.807) is 6.26 Å². The van der Waals surface area contributed by atoms with Gasteiger partial charge in [0.15, 0.2) is 0 Å². The third-order valence-electron chi connectivity index (χ3n) is 5.07. The summed E-state index contributed by atoms with van der Waals surface area (Å²) in [4.78, 5) is 25.3. The fourth-order valence-electron chi connectivity index (χ4n) is 3.87. The van der Waals surface area contributed by atoms with E-state index in [1.807, 2.05) is 0 Å². The Bertz CT molecular complexity index is 792. The fourth-order valence-corrected chi connectivity index (χ4v) is 3.87. The van der Waals surface area contributed by atoms with Gasteiger partial charge in [0, 0.05) is 17.5 Å². The number of nitrogens with zero attached hydrogens (tertiary/aromatic N) is 1. The largest absolute Gasteiger partial charge is 0.480 e. The van der Waals surface area contributed by atoms with Gasteiger partial charge in [0.25, 0.3) is 0 Å². The molecule has 120 valence electrons. The number of carboxylic acids is 1. The van der Waals surface area contributed by atoms with Gasteiger partial charge in [-0.05, 0) is 55.4 Å². The van der Waals surface area contributed by atoms with Crippen LogP contribution in [0.4, 0.5) is 0 Å². The maximum atomic E-state index is 12.5. The van der Waals surface area contributed by atoms with Crippen LogP contribution in [-0.2, 0) is 28.9 Å². The number of fused-ring (bicyclic) bond motifs is 2. The van der Waals surface area contributed by atoms with Crippen molar-refractivity contribution in [1.29, 1.82) is 0 Å². The average Bonchev–Trinajstić information content (AvgIpc) is 3.24. The molecular weight excluding hydrogens is 294 g/mol. The Labute approximate surface area is 133 Å². The number of hydrogen-bond donors (Lipinski definition) is 1. The molecule has 5 heteroatoms. The van der Waals surface area contributed by atoms with Crippen LogP contribution in [0.1, 0.15) is 36.0 Å². The SMILES string of the molecule is O=C(O)C1CCCN1C(=O)Cc1coc2cc3c(cc12)CCC3. The van der Waals surface area contributed by atoms with Gasteiger partial charge in [-0.2, -0.15) is 0 Å². The minimum atomic E-state index is -0.911. The van der Waals surface area contributed by atoms with Crippen molar-refractivity contribution in [3.8, 4) is 0 Å². The summed E-state index contributed by atoms with van der Waals surface area (Å²) in [6.45, 7) is 0.529. The van der Waals surface area contributed by atoms with E-state index in [0.29, 0.717) is 13.0 Å². The Balaban J connectivity index is 1.60. The molecule has 1 N–H and O–H groups in total. The lowest BCUT2D eigenvalue weighted by Crippen LogP contribution is -2.41. The van der Waals surface area contributed by atoms with Gasteiger partial charge in [-0.1, -0.05) is 0 Å². The van der Waals surface area contributed by atoms with Gasteiger partial charge in [0.2, 0.25) is 5.91 Å². The number of benzene rings is 1. The number of aliphatic carboxylic acids is 1. The summed E-state index contributed by atoms with van der Waals surface area (Å²) in [6.07, 6.45) is 6.48. The van der Waals surface area contributed by atoms with Gasteiger partial charge in [-0.25, -0.2) is 4.79 Å². The van der Waals surface area contributed by atoms with E-state index in [9.17, 15) is 14.7 Å². The number of furan rings is 1. The van der Waals surface area contributed by atoms with Gasteiger partial charge < -0.3 is 14.4 Å². The standard InChI is InChI=1S/C18H19NO4/c20-17(19-6-2-5-15(19)18(21)22)9-13-10-23-16-8-12-4-1-3-11(12)7-14(13)16/h7-8,10,15H,1-6,9H2,(H,21,22). The molecule has 4 rings (SSSR count). The minimum absolute atomic E-state index is 0.127. The third-order valence-corrected chi connectivity index (χ3v) is 5.07. The first kappa shape index (κ1) is 14.3. The Hall–Kier alpha value is -2.30. The zero-order valence-electron chi connectivity index (χ0n) is 12.9. The highest BCUT2D eigenvalue weighted by Gasteiger charge is 2.34. The molecule has 1 saturated heterocycles. The van der Waals surface area contributed by atoms with Crippen LogP contribution >= 0.6 is 0 Å². The molecule has 2 aromatic rings. The molecule has 1 atom stereocenters. The van der Waals surface area contributed by atoms with E-state index in [4.69, 9.17) is 4.42 Å². The molecule has 0 bridgehead atoms. The van der Waals surface area contributed by atoms with Crippen LogP contribution in [0.15, 0.2) is 22.8 Å². The molecule has 1 aromatic carbocycles. The highest BCUT2D eigenvalue weighted by molar-refractivity contribution is 5.90. The Morgan fingerprint density at radius 2 is 2.00 bits per heavy atom. The molecule has 1 aliphatic heterocycles. The number of carbonyl (C=O) groups is 2. The van der Waals surface area contributed by atoms with Crippen LogP contribution in [0.5, 0.6) is 0 Å². The molecule has 2 heterocycles. The van der Waals surface area contributed by atoms with Gasteiger partial charge >= 0.3 is 5.97 Å². The van der Waals surface area contributed by atoms with E-state index < -0.39 is 12.0 Å². The third kappa shape index (κ3) is 2.40. The maximum Gasteiger partial charge on any atom is 0.326 e. The number of likely N-dealkylation sites (tertiary alicyclic amines) is 1. The first-order chi connectivity index (χ1) is 11.1. The molecule has 1 fully saturated rings. The molecule has 1 aliphatic carbocycles. The van der Waals surface area contributed by atoms with Crippen molar-refractivity contribution >= 4 is 22.8 Å². The lowest BCUT2D eigenvalue weighted by molar-refractivity contribution is -0.147. The summed E-state index contributed by atoms with van der Waals surface area (Å²) in [5.41, 5.74) is 4.37. The Morgan fingerprint density at radius 1 is 1.22 bits per heavy atom. The lowest BCUT2D eigenvalue weighted by atomic mass is 10.0. The van der Waals surface area contributed by atoms with Gasteiger partial charge in [0.1, 0.15) is 11.6 Å². The van der Waals surface area contributed by atoms with Crippen molar-refractivity contribution in [2.75, 3.05) is 6.54 Å². The smallest absolute Gasteiger partial charge is 0.326 e. The van der Waals surface area contributed by atoms with Crippen molar-refractivity contribution in [1.82, 2.24) is 4.90 Å². The van der Waals surface area contributed by atoms with Gasteiger partial charge in [-0.3, -0.25) is 4.79 Å². The molecule has 0 radical (unpaired) electrons. The van der Waals surface area contributed by atoms with Crippen molar-refractivity contribution < 1.29 is 19.1 Å². The van der Waals surface area contributed by atoms with Crippen molar-refractivity contribution in [2.24, 2.45) is 0 Å². The van der Waals surface area contributed by atoms with Gasteiger partial charge in [-0.15, -0.1) is 0 Å². The summed E-state index contributed by atoms with van der Waals surface area (Å²) < 4.78 is 5.63. The van der Waals surface area contributed by atoms with E-state index >= 15 is 0 Å². The summed E-state index contributed by atoms with van der Waals surface area (Å²) >= 11 is 0. The van der Waals surface area contributed by atoms with Crippen molar-refractivity contribution in [2.45, 2.75) is 44.6 Å². The van der Waals surface area contributed by atoms with Crippen molar-refractivity contribution in [3.05, 3.63) is 35.1 Å². The van der Waals surface area contributed by atoms with Crippen LogP contribution in [0, 0.1) is 0 Å². The first-order valence-corrected chi connectivity index (χ1v) is 8.17. The molecular formula is C18H19NO4. The second-order valence-electron chi connectivity index (χ2n) is 6.49. The van der Waals surface area contributed by atoms with Crippen LogP contribution in [0.3, 0.4) is 0 Å². The van der Waals surface area contributed by atoms with E-state index in [0.717, 1.165) is 35.8 Å². The summed E-state index contributed by atoms with van der Waals surface area (Å²) in [5.74, 6) is -1.04. The summed E-state index contributed by atoms with van der Waals surface area (Å²) in [6, 6.07) is 3.55. The number of aryl methyl sites for hydroxylation is 2. The topological polar surface area (TPSA) is 70.8 Å². The number of rotatable bonds is 3. The van der Waals surface area contributed by atoms with E-state index in [1.165, 1.54) is 22.4 Å². The average molecular weight is 313 g/mol. The molecule has 23 heavy (non-hydrogen) atoms. The second kappa shape index (κ2) is 5.41. The quantitative estimate of drug-likeness (QED) is 0.945. The predicted molar refractivity (Wildman–Crippen MR) is 84.3 cm³/mol. The maximum absolute atomic E-state index is 12.5. The highest BCUT2D eigenvalue weighted by Crippen LogP contribution is 2.31. The normalized spacial score (nSPS) is 20.2. The second-order valence-corrected chi connectivity index (χ2v) is 6.49. The highest BCUT2D eigenvalue weighted by atomic mass is 16.4. The van der Waals surface area contributed by atoms with E-state index in [-0.39, 0.29) is 12.3 Å². The first-order valence-electron chi connectivity index (χ1n) is 8.17. The summed E-state index contributed by atoms with van der Waals surface area (Å²) in [5, 5.41) is 10.2. The molecule has 1 unspecified atom stereocenters. The zero-order valence-corrected chi connectivity index (χ0v) is 12.9. The number of carboxylic acid groups (broad SMARTS) is 1. The number of carbonyl (C=O) groups excluding carboxylic acids is 1. The minimum Gasteiger partial charge on any atom is -0.480 e. The number of amides is 1. The Morgan fingerprint density at radius 3 is 2.78 bits per heavy atom. The molecule has 0 spiro atoms. The van der Waals surface area contributed by atoms with Gasteiger partial charge in [0.05, 0.1) is 12.7 Å². The fraction of sp³-hybridized carbons (Fsp3) is 0.444. The van der Waals surface area contributed by atoms with Crippen LogP contribution < -0.4 is 0 Å². The lowest BCUT2D eigenvalue weighted by Gasteiger charge is -2.21. The monoisotopic (exact) mass is 313 g/mol. The van der Waals surface area contributed by atoms with Crippen molar-refractivity contribution in [3.63, 3.8) is 0 Å². The molecule has 1 amide bonds. The van der Waals surface area contributed by atoms with E-state index in [2.05, 4.69) is 12.1 Å². The molecule has 2 aliphatic rings.